The second-order valence-electron chi connectivity index (χ2n) is 9.29. The third kappa shape index (κ3) is 4.94. The maximum absolute atomic E-state index is 13.5. The number of nitrogens with one attached hydrogen (secondary N) is 1. The lowest BCUT2D eigenvalue weighted by molar-refractivity contribution is 0.0868. The van der Waals surface area contributed by atoms with E-state index in [2.05, 4.69) is 31.1 Å². The predicted octanol–water partition coefficient (Wildman–Crippen LogP) is 5.36. The molecule has 1 saturated carbocycles. The van der Waals surface area contributed by atoms with Gasteiger partial charge in [0.1, 0.15) is 0 Å². The van der Waals surface area contributed by atoms with Gasteiger partial charge in [0.05, 0.1) is 33.7 Å². The van der Waals surface area contributed by atoms with E-state index in [1.165, 1.54) is 6.42 Å². The van der Waals surface area contributed by atoms with Gasteiger partial charge < -0.3 is 9.87 Å². The fraction of sp³-hybridized carbons (Fsp3) is 0.385. The van der Waals surface area contributed by atoms with E-state index in [1.54, 1.807) is 42.6 Å². The Morgan fingerprint density at radius 2 is 1.82 bits per heavy atom. The maximum atomic E-state index is 13.5. The number of rotatable bonds is 6. The molecule has 1 heterocycles. The normalized spacial score (nSPS) is 21.7. The quantitative estimate of drug-likeness (QED) is 0.498. The maximum Gasteiger partial charge on any atom is 0.253 e. The monoisotopic (exact) mass is 464 g/mol. The van der Waals surface area contributed by atoms with Gasteiger partial charge in [-0.25, -0.2) is 0 Å². The molecule has 1 aliphatic carbocycles. The van der Waals surface area contributed by atoms with Gasteiger partial charge in [0.2, 0.25) is 0 Å². The molecule has 0 spiro atoms. The largest absolute Gasteiger partial charge is 0.755 e. The Morgan fingerprint density at radius 1 is 1.09 bits per heavy atom. The van der Waals surface area contributed by atoms with Crippen molar-refractivity contribution >= 4 is 39.5 Å². The number of amides is 1. The molecule has 1 amide bonds. The summed E-state index contributed by atoms with van der Waals surface area (Å²) in [6.07, 6.45) is 4.82. The van der Waals surface area contributed by atoms with E-state index >= 15 is 0 Å². The smallest absolute Gasteiger partial charge is 0.253 e. The van der Waals surface area contributed by atoms with Crippen LogP contribution in [0.5, 0.6) is 0 Å². The van der Waals surface area contributed by atoms with E-state index in [0.29, 0.717) is 40.2 Å². The summed E-state index contributed by atoms with van der Waals surface area (Å²) in [7, 11) is 0. The van der Waals surface area contributed by atoms with E-state index in [1.807, 2.05) is 18.2 Å². The minimum atomic E-state index is -2.65. The van der Waals surface area contributed by atoms with Crippen molar-refractivity contribution in [3.8, 4) is 0 Å². The first kappa shape index (κ1) is 23.4. The van der Waals surface area contributed by atoms with Gasteiger partial charge in [0, 0.05) is 17.6 Å². The van der Waals surface area contributed by atoms with Gasteiger partial charge in [0.15, 0.2) is 0 Å². The van der Waals surface area contributed by atoms with Crippen molar-refractivity contribution in [1.82, 2.24) is 10.3 Å². The van der Waals surface area contributed by atoms with Gasteiger partial charge >= 0.3 is 0 Å². The van der Waals surface area contributed by atoms with Gasteiger partial charge in [-0.3, -0.25) is 18.3 Å². The Hall–Kier alpha value is -2.77. The molecule has 2 aromatic carbocycles. The first-order valence-electron chi connectivity index (χ1n) is 11.5. The SMILES string of the molecule is CC1CCC(C(C)C)C(NC(=O)c2ccccc2N(c2cccc3cccnc23)S(=O)[O-])C1. The third-order valence-corrected chi connectivity index (χ3v) is 7.38. The second kappa shape index (κ2) is 10.0. The van der Waals surface area contributed by atoms with Crippen LogP contribution in [0.4, 0.5) is 11.4 Å². The molecule has 4 rings (SSSR count). The molecular formula is C26H30N3O3S-. The summed E-state index contributed by atoms with van der Waals surface area (Å²) < 4.78 is 26.1. The lowest BCUT2D eigenvalue weighted by Crippen LogP contribution is -2.45. The number of fused-ring (bicyclic) bond motifs is 1. The summed E-state index contributed by atoms with van der Waals surface area (Å²) in [5, 5.41) is 4.06. The number of carbonyl (C=O) groups is 1. The van der Waals surface area contributed by atoms with E-state index < -0.39 is 11.3 Å². The van der Waals surface area contributed by atoms with Crippen LogP contribution in [0, 0.1) is 17.8 Å². The zero-order chi connectivity index (χ0) is 23.5. The molecule has 174 valence electrons. The molecule has 0 aliphatic heterocycles. The van der Waals surface area contributed by atoms with Gasteiger partial charge in [-0.15, -0.1) is 0 Å². The van der Waals surface area contributed by atoms with Crippen LogP contribution in [-0.2, 0) is 11.3 Å². The Labute approximate surface area is 197 Å². The van der Waals surface area contributed by atoms with Crippen molar-refractivity contribution in [3.05, 3.63) is 66.4 Å². The minimum absolute atomic E-state index is 0.0692. The molecule has 1 fully saturated rings. The van der Waals surface area contributed by atoms with E-state index in [9.17, 15) is 13.6 Å². The highest BCUT2D eigenvalue weighted by atomic mass is 32.2. The average Bonchev–Trinajstić information content (AvgIpc) is 2.79. The van der Waals surface area contributed by atoms with Gasteiger partial charge in [-0.05, 0) is 54.9 Å². The molecule has 7 heteroatoms. The van der Waals surface area contributed by atoms with Crippen LogP contribution in [0.15, 0.2) is 60.8 Å². The molecule has 1 aromatic heterocycles. The van der Waals surface area contributed by atoms with E-state index in [0.717, 1.165) is 22.5 Å². The number of hydrogen-bond acceptors (Lipinski definition) is 4. The number of anilines is 2. The molecule has 1 N–H and O–H groups in total. The summed E-state index contributed by atoms with van der Waals surface area (Å²) in [6.45, 7) is 6.62. The van der Waals surface area contributed by atoms with Crippen LogP contribution in [0.3, 0.4) is 0 Å². The molecular weight excluding hydrogens is 434 g/mol. The summed E-state index contributed by atoms with van der Waals surface area (Å²) in [5.41, 5.74) is 1.61. The summed E-state index contributed by atoms with van der Waals surface area (Å²) in [6, 6.07) is 16.0. The van der Waals surface area contributed by atoms with Crippen molar-refractivity contribution in [2.45, 2.75) is 46.1 Å². The number of benzene rings is 2. The highest BCUT2D eigenvalue weighted by molar-refractivity contribution is 7.81. The van der Waals surface area contributed by atoms with Crippen molar-refractivity contribution in [1.29, 1.82) is 0 Å². The van der Waals surface area contributed by atoms with Crippen molar-refractivity contribution in [2.75, 3.05) is 4.31 Å². The van der Waals surface area contributed by atoms with Crippen LogP contribution in [-0.4, -0.2) is 25.7 Å². The summed E-state index contributed by atoms with van der Waals surface area (Å²) in [4.78, 5) is 17.9. The second-order valence-corrected chi connectivity index (χ2v) is 10.1. The summed E-state index contributed by atoms with van der Waals surface area (Å²) in [5.74, 6) is 1.17. The number of carbonyl (C=O) groups excluding carboxylic acids is 1. The van der Waals surface area contributed by atoms with Crippen LogP contribution in [0.2, 0.25) is 0 Å². The van der Waals surface area contributed by atoms with Crippen LogP contribution in [0.1, 0.15) is 50.4 Å². The fourth-order valence-electron chi connectivity index (χ4n) is 5.00. The first-order valence-corrected chi connectivity index (χ1v) is 12.5. The lowest BCUT2D eigenvalue weighted by Gasteiger charge is -2.38. The Bertz CT molecular complexity index is 1160. The van der Waals surface area contributed by atoms with Crippen LogP contribution >= 0.6 is 0 Å². The molecule has 4 atom stereocenters. The molecule has 1 aliphatic rings. The Morgan fingerprint density at radius 3 is 2.58 bits per heavy atom. The van der Waals surface area contributed by atoms with Crippen LogP contribution < -0.4 is 9.62 Å². The number of aromatic nitrogens is 1. The van der Waals surface area contributed by atoms with Gasteiger partial charge in [-0.2, -0.15) is 0 Å². The van der Waals surface area contributed by atoms with Crippen molar-refractivity contribution < 1.29 is 13.6 Å². The molecule has 6 nitrogen and oxygen atoms in total. The highest BCUT2D eigenvalue weighted by Gasteiger charge is 2.32. The van der Waals surface area contributed by atoms with Gasteiger partial charge in [-0.1, -0.05) is 57.5 Å². The molecule has 4 unspecified atom stereocenters. The molecule has 0 bridgehead atoms. The molecule has 3 aromatic rings. The predicted molar refractivity (Wildman–Crippen MR) is 132 cm³/mol. The Balaban J connectivity index is 1.72. The average molecular weight is 465 g/mol. The third-order valence-electron chi connectivity index (χ3n) is 6.69. The van der Waals surface area contributed by atoms with Gasteiger partial charge in [0.25, 0.3) is 5.91 Å². The Kier molecular flexibility index (Phi) is 7.10. The number of nitrogens with zero attached hydrogens (tertiary/aromatic N) is 2. The lowest BCUT2D eigenvalue weighted by atomic mass is 9.74. The standard InChI is InChI=1S/C26H31N3O3S/c1-17(2)20-14-13-18(3)16-22(20)28-26(30)21-10-4-5-11-23(21)29(33(31)32)24-12-6-8-19-9-7-15-27-25(19)24/h4-12,15,17-18,20,22H,13-14,16H2,1-3H3,(H,28,30)(H,31,32)/p-1. The van der Waals surface area contributed by atoms with Crippen molar-refractivity contribution in [2.24, 2.45) is 17.8 Å². The van der Waals surface area contributed by atoms with E-state index in [-0.39, 0.29) is 11.9 Å². The zero-order valence-corrected chi connectivity index (χ0v) is 20.0. The fourth-order valence-corrected chi connectivity index (χ4v) is 5.63. The van der Waals surface area contributed by atoms with Crippen molar-refractivity contribution in [3.63, 3.8) is 0 Å². The zero-order valence-electron chi connectivity index (χ0n) is 19.2. The topological polar surface area (TPSA) is 85.4 Å². The van der Waals surface area contributed by atoms with E-state index in [4.69, 9.17) is 0 Å². The number of para-hydroxylation sites is 2. The molecule has 33 heavy (non-hydrogen) atoms. The molecule has 0 radical (unpaired) electrons. The number of hydrogen-bond donors (Lipinski definition) is 1. The minimum Gasteiger partial charge on any atom is -0.755 e. The number of pyridine rings is 1. The van der Waals surface area contributed by atoms with Crippen LogP contribution in [0.25, 0.3) is 10.9 Å². The molecule has 0 saturated heterocycles. The highest BCUT2D eigenvalue weighted by Crippen LogP contribution is 2.36. The first-order chi connectivity index (χ1) is 15.9. The summed E-state index contributed by atoms with van der Waals surface area (Å²) >= 11 is -2.65.